The zero-order valence-corrected chi connectivity index (χ0v) is 24.8. The van der Waals surface area contributed by atoms with Gasteiger partial charge in [0.25, 0.3) is 0 Å². The van der Waals surface area contributed by atoms with Crippen molar-refractivity contribution in [3.63, 3.8) is 0 Å². The number of halogens is 6. The minimum atomic E-state index is -4.71. The molecule has 5 rings (SSSR count). The molecule has 1 aliphatic heterocycles. The normalized spacial score (nSPS) is 14.5. The summed E-state index contributed by atoms with van der Waals surface area (Å²) in [5.41, 5.74) is 11.1. The van der Waals surface area contributed by atoms with E-state index in [0.29, 0.717) is 6.54 Å². The van der Waals surface area contributed by atoms with Crippen molar-refractivity contribution in [1.82, 2.24) is 14.4 Å². The summed E-state index contributed by atoms with van der Waals surface area (Å²) in [5.74, 6) is -0.228. The van der Waals surface area contributed by atoms with E-state index in [2.05, 4.69) is 55.6 Å². The Morgan fingerprint density at radius 1 is 0.805 bits per heavy atom. The Hall–Kier alpha value is -2.46. The zero-order valence-electron chi connectivity index (χ0n) is 22.4. The van der Waals surface area contributed by atoms with Gasteiger partial charge in [-0.3, -0.25) is 9.80 Å². The van der Waals surface area contributed by atoms with Crippen molar-refractivity contribution in [2.45, 2.75) is 32.4 Å². The van der Waals surface area contributed by atoms with Gasteiger partial charge in [-0.25, -0.2) is 0 Å². The van der Waals surface area contributed by atoms with Crippen LogP contribution < -0.4 is 10.5 Å². The molecule has 41 heavy (non-hydrogen) atoms. The van der Waals surface area contributed by atoms with Crippen LogP contribution in [0.1, 0.15) is 17.5 Å². The van der Waals surface area contributed by atoms with Crippen LogP contribution in [0.25, 0.3) is 22.0 Å². The number of aryl methyl sites for hydroxylation is 1. The Labute approximate surface area is 255 Å². The number of aromatic nitrogens is 1. The Morgan fingerprint density at radius 2 is 1.39 bits per heavy atom. The van der Waals surface area contributed by atoms with E-state index < -0.39 is 6.36 Å². The number of nitrogens with two attached hydrogens (primary N) is 1. The molecule has 11 heteroatoms. The highest BCUT2D eigenvalue weighted by Gasteiger charge is 2.31. The van der Waals surface area contributed by atoms with Crippen LogP contribution in [0.5, 0.6) is 5.75 Å². The van der Waals surface area contributed by atoms with Crippen molar-refractivity contribution in [2.24, 2.45) is 5.73 Å². The summed E-state index contributed by atoms with van der Waals surface area (Å²) >= 11 is 6.01. The van der Waals surface area contributed by atoms with Crippen LogP contribution in [0.4, 0.5) is 13.2 Å². The summed E-state index contributed by atoms with van der Waals surface area (Å²) < 4.78 is 44.1. The highest BCUT2D eigenvalue weighted by atomic mass is 35.5. The lowest BCUT2D eigenvalue weighted by atomic mass is 10.0. The lowest BCUT2D eigenvalue weighted by Gasteiger charge is -2.34. The number of hydrogen-bond acceptors (Lipinski definition) is 4. The predicted molar refractivity (Wildman–Crippen MR) is 164 cm³/mol. The number of hydrogen-bond donors (Lipinski definition) is 1. The number of benzene rings is 3. The summed E-state index contributed by atoms with van der Waals surface area (Å²) in [6, 6.07) is 20.6. The van der Waals surface area contributed by atoms with Gasteiger partial charge in [-0.15, -0.1) is 38.0 Å². The molecule has 1 fully saturated rings. The molecule has 0 spiro atoms. The number of alkyl halides is 3. The smallest absolute Gasteiger partial charge is 0.406 e. The van der Waals surface area contributed by atoms with Crippen molar-refractivity contribution in [1.29, 1.82) is 0 Å². The fourth-order valence-electron chi connectivity index (χ4n) is 5.17. The third-order valence-electron chi connectivity index (χ3n) is 7.14. The maximum absolute atomic E-state index is 12.6. The number of fused-ring (bicyclic) bond motifs is 1. The van der Waals surface area contributed by atoms with Gasteiger partial charge in [0.05, 0.1) is 0 Å². The zero-order chi connectivity index (χ0) is 27.4. The largest absolute Gasteiger partial charge is 0.573 e. The lowest BCUT2D eigenvalue weighted by Crippen LogP contribution is -2.45. The van der Waals surface area contributed by atoms with E-state index in [0.717, 1.165) is 79.3 Å². The van der Waals surface area contributed by atoms with E-state index in [1.807, 2.05) is 12.1 Å². The third-order valence-corrected chi connectivity index (χ3v) is 7.39. The average Bonchev–Trinajstić information content (AvgIpc) is 3.27. The molecule has 2 N–H and O–H groups in total. The summed E-state index contributed by atoms with van der Waals surface area (Å²) in [4.78, 5) is 4.93. The van der Waals surface area contributed by atoms with Gasteiger partial charge in [-0.1, -0.05) is 41.9 Å². The topological polar surface area (TPSA) is 46.7 Å². The van der Waals surface area contributed by atoms with Crippen molar-refractivity contribution < 1.29 is 17.9 Å². The van der Waals surface area contributed by atoms with E-state index in [4.69, 9.17) is 17.3 Å². The van der Waals surface area contributed by atoms with Gasteiger partial charge in [0.1, 0.15) is 5.75 Å². The van der Waals surface area contributed by atoms with Crippen LogP contribution >= 0.6 is 36.4 Å². The molecule has 3 aromatic carbocycles. The molecule has 2 heterocycles. The molecular formula is C30H34Cl3F3N4O. The predicted octanol–water partition coefficient (Wildman–Crippen LogP) is 7.37. The van der Waals surface area contributed by atoms with E-state index in [1.54, 1.807) is 12.1 Å². The van der Waals surface area contributed by atoms with Gasteiger partial charge in [0.2, 0.25) is 0 Å². The second-order valence-corrected chi connectivity index (χ2v) is 10.4. The quantitative estimate of drug-likeness (QED) is 0.210. The van der Waals surface area contributed by atoms with E-state index in [-0.39, 0.29) is 30.6 Å². The fraction of sp³-hybridized carbons (Fsp3) is 0.333. The Bertz CT molecular complexity index is 1390. The molecule has 0 unspecified atom stereocenters. The first kappa shape index (κ1) is 33.0. The average molecular weight is 630 g/mol. The van der Waals surface area contributed by atoms with Crippen LogP contribution in [0.15, 0.2) is 72.9 Å². The molecule has 0 saturated carbocycles. The van der Waals surface area contributed by atoms with Crippen LogP contribution in [-0.2, 0) is 19.6 Å². The Kier molecular flexibility index (Phi) is 11.8. The lowest BCUT2D eigenvalue weighted by molar-refractivity contribution is -0.274. The maximum atomic E-state index is 12.6. The van der Waals surface area contributed by atoms with E-state index in [9.17, 15) is 13.2 Å². The second kappa shape index (κ2) is 14.6. The second-order valence-electron chi connectivity index (χ2n) is 9.98. The highest BCUT2D eigenvalue weighted by Crippen LogP contribution is 2.34. The summed E-state index contributed by atoms with van der Waals surface area (Å²) in [7, 11) is 0. The highest BCUT2D eigenvalue weighted by molar-refractivity contribution is 6.30. The first-order valence-electron chi connectivity index (χ1n) is 13.1. The van der Waals surface area contributed by atoms with Gasteiger partial charge in [0, 0.05) is 73.5 Å². The van der Waals surface area contributed by atoms with Crippen LogP contribution in [0, 0.1) is 0 Å². The van der Waals surface area contributed by atoms with E-state index >= 15 is 0 Å². The number of piperazine rings is 1. The summed E-state index contributed by atoms with van der Waals surface area (Å²) in [6.07, 6.45) is -1.81. The molecule has 0 bridgehead atoms. The molecule has 0 aliphatic carbocycles. The molecule has 0 radical (unpaired) electrons. The van der Waals surface area contributed by atoms with Crippen LogP contribution in [0.2, 0.25) is 5.02 Å². The van der Waals surface area contributed by atoms with Crippen molar-refractivity contribution >= 4 is 47.3 Å². The van der Waals surface area contributed by atoms with Gasteiger partial charge in [0.15, 0.2) is 0 Å². The minimum absolute atomic E-state index is 0. The first-order chi connectivity index (χ1) is 18.8. The number of rotatable bonds is 9. The monoisotopic (exact) mass is 628 g/mol. The standard InChI is InChI=1S/C30H32ClF3N4O.2ClH/c31-25-7-2-22(3-8-25)19-36-14-16-37(17-15-36)20-23-4-11-29-27(18-23)28(21-38(29)13-1-12-35)24-5-9-26(10-6-24)39-30(32,33)34;;/h2-11,18,21H,1,12-17,19-20,35H2;2*1H. The molecule has 5 nitrogen and oxygen atoms in total. The first-order valence-corrected chi connectivity index (χ1v) is 13.5. The molecule has 1 aromatic heterocycles. The van der Waals surface area contributed by atoms with Crippen molar-refractivity contribution in [3.05, 3.63) is 89.1 Å². The van der Waals surface area contributed by atoms with Gasteiger partial charge in [-0.2, -0.15) is 0 Å². The molecule has 1 saturated heterocycles. The fourth-order valence-corrected chi connectivity index (χ4v) is 5.29. The molecular weight excluding hydrogens is 596 g/mol. The SMILES string of the molecule is Cl.Cl.NCCCn1cc(-c2ccc(OC(F)(F)F)cc2)c2cc(CN3CCN(Cc4ccc(Cl)cc4)CC3)ccc21. The molecule has 0 amide bonds. The van der Waals surface area contributed by atoms with Gasteiger partial charge >= 0.3 is 6.36 Å². The van der Waals surface area contributed by atoms with Gasteiger partial charge in [-0.05, 0) is 66.1 Å². The summed E-state index contributed by atoms with van der Waals surface area (Å²) in [6.45, 7) is 7.08. The van der Waals surface area contributed by atoms with Crippen LogP contribution in [0.3, 0.4) is 0 Å². The molecule has 1 aliphatic rings. The third kappa shape index (κ3) is 8.77. The minimum Gasteiger partial charge on any atom is -0.406 e. The summed E-state index contributed by atoms with van der Waals surface area (Å²) in [5, 5.41) is 1.83. The van der Waals surface area contributed by atoms with Crippen LogP contribution in [-0.4, -0.2) is 53.5 Å². The number of nitrogens with zero attached hydrogens (tertiary/aromatic N) is 3. The van der Waals surface area contributed by atoms with Gasteiger partial charge < -0.3 is 15.0 Å². The van der Waals surface area contributed by atoms with Crippen molar-refractivity contribution in [3.8, 4) is 16.9 Å². The van der Waals surface area contributed by atoms with Crippen molar-refractivity contribution in [2.75, 3.05) is 32.7 Å². The molecule has 222 valence electrons. The Balaban J connectivity index is 0.00000231. The Morgan fingerprint density at radius 3 is 1.98 bits per heavy atom. The number of ether oxygens (including phenoxy) is 1. The maximum Gasteiger partial charge on any atom is 0.573 e. The molecule has 4 aromatic rings. The molecule has 0 atom stereocenters. The van der Waals surface area contributed by atoms with E-state index in [1.165, 1.54) is 23.3 Å².